The standard InChI is InChI=1S/C22H27N3O4/c1-25(13-15-8-11-19(28-2)20(12-15)29-3)14-21(26)24-18-7-5-4-6-17(18)22(27)23-16-9-10-16/h4-8,11-12,16H,9-10,13-14H2,1-3H3,(H,23,27)(H,24,26)/p+1. The van der Waals surface area contributed by atoms with E-state index < -0.39 is 0 Å². The van der Waals surface area contributed by atoms with E-state index in [0.29, 0.717) is 29.3 Å². The predicted molar refractivity (Wildman–Crippen MR) is 111 cm³/mol. The van der Waals surface area contributed by atoms with Crippen LogP contribution in [0.15, 0.2) is 42.5 Å². The monoisotopic (exact) mass is 398 g/mol. The Bertz CT molecular complexity index is 880. The minimum absolute atomic E-state index is 0.144. The molecule has 0 aliphatic heterocycles. The number of carbonyl (C=O) groups is 2. The Morgan fingerprint density at radius 3 is 2.48 bits per heavy atom. The highest BCUT2D eigenvalue weighted by Gasteiger charge is 2.25. The Morgan fingerprint density at radius 1 is 1.07 bits per heavy atom. The summed E-state index contributed by atoms with van der Waals surface area (Å²) in [4.78, 5) is 25.9. The summed E-state index contributed by atoms with van der Waals surface area (Å²) in [5, 5.41) is 5.84. The fourth-order valence-corrected chi connectivity index (χ4v) is 3.15. The van der Waals surface area contributed by atoms with Gasteiger partial charge >= 0.3 is 0 Å². The highest BCUT2D eigenvalue weighted by Crippen LogP contribution is 2.27. The summed E-state index contributed by atoms with van der Waals surface area (Å²) in [5.74, 6) is 1.05. The first-order chi connectivity index (χ1) is 14.0. The van der Waals surface area contributed by atoms with Crippen LogP contribution in [0.4, 0.5) is 5.69 Å². The molecule has 154 valence electrons. The Labute approximate surface area is 171 Å². The molecule has 1 aliphatic carbocycles. The molecule has 0 aromatic heterocycles. The van der Waals surface area contributed by atoms with Crippen LogP contribution in [-0.2, 0) is 11.3 Å². The van der Waals surface area contributed by atoms with Gasteiger partial charge in [-0.1, -0.05) is 12.1 Å². The van der Waals surface area contributed by atoms with Crippen molar-refractivity contribution in [2.45, 2.75) is 25.4 Å². The third-order valence-electron chi connectivity index (χ3n) is 4.77. The number of methoxy groups -OCH3 is 2. The maximum Gasteiger partial charge on any atom is 0.279 e. The smallest absolute Gasteiger partial charge is 0.279 e. The Kier molecular flexibility index (Phi) is 6.72. The number of amides is 2. The average molecular weight is 398 g/mol. The Morgan fingerprint density at radius 2 is 1.79 bits per heavy atom. The lowest BCUT2D eigenvalue weighted by Crippen LogP contribution is -3.08. The minimum atomic E-state index is -0.144. The molecule has 1 fully saturated rings. The quantitative estimate of drug-likeness (QED) is 0.594. The largest absolute Gasteiger partial charge is 0.493 e. The Balaban J connectivity index is 1.58. The van der Waals surface area contributed by atoms with E-state index in [9.17, 15) is 9.59 Å². The molecule has 2 amide bonds. The molecule has 2 aromatic carbocycles. The van der Waals surface area contributed by atoms with Crippen molar-refractivity contribution >= 4 is 17.5 Å². The average Bonchev–Trinajstić information content (AvgIpc) is 3.51. The highest BCUT2D eigenvalue weighted by molar-refractivity contribution is 6.04. The van der Waals surface area contributed by atoms with E-state index >= 15 is 0 Å². The summed E-state index contributed by atoms with van der Waals surface area (Å²) >= 11 is 0. The number of benzene rings is 2. The van der Waals surface area contributed by atoms with Crippen LogP contribution in [0, 0.1) is 0 Å². The first-order valence-corrected chi connectivity index (χ1v) is 9.72. The van der Waals surface area contributed by atoms with E-state index in [1.165, 1.54) is 0 Å². The van der Waals surface area contributed by atoms with Crippen LogP contribution in [-0.4, -0.2) is 45.7 Å². The van der Waals surface area contributed by atoms with Crippen molar-refractivity contribution < 1.29 is 24.0 Å². The molecule has 0 radical (unpaired) electrons. The van der Waals surface area contributed by atoms with Crippen molar-refractivity contribution in [1.29, 1.82) is 0 Å². The minimum Gasteiger partial charge on any atom is -0.493 e. The van der Waals surface area contributed by atoms with Crippen molar-refractivity contribution in [2.75, 3.05) is 33.1 Å². The lowest BCUT2D eigenvalue weighted by molar-refractivity contribution is -0.885. The van der Waals surface area contributed by atoms with Crippen LogP contribution in [0.5, 0.6) is 11.5 Å². The van der Waals surface area contributed by atoms with Crippen molar-refractivity contribution in [3.8, 4) is 11.5 Å². The van der Waals surface area contributed by atoms with Gasteiger partial charge in [0.25, 0.3) is 11.8 Å². The third-order valence-corrected chi connectivity index (χ3v) is 4.77. The molecule has 2 aromatic rings. The molecule has 0 bridgehead atoms. The summed E-state index contributed by atoms with van der Waals surface area (Å²) in [6.07, 6.45) is 2.04. The Hall–Kier alpha value is -3.06. The van der Waals surface area contributed by atoms with Crippen molar-refractivity contribution in [3.63, 3.8) is 0 Å². The SMILES string of the molecule is COc1ccc(C[NH+](C)CC(=O)Nc2ccccc2C(=O)NC2CC2)cc1OC. The molecule has 1 atom stereocenters. The zero-order valence-corrected chi connectivity index (χ0v) is 17.1. The maximum atomic E-state index is 12.5. The molecular weight excluding hydrogens is 370 g/mol. The van der Waals surface area contributed by atoms with Gasteiger partial charge in [-0.15, -0.1) is 0 Å². The van der Waals surface area contributed by atoms with E-state index in [1.807, 2.05) is 31.3 Å². The summed E-state index contributed by atoms with van der Waals surface area (Å²) in [6.45, 7) is 0.921. The molecule has 0 saturated heterocycles. The molecule has 3 rings (SSSR count). The van der Waals surface area contributed by atoms with E-state index in [4.69, 9.17) is 9.47 Å². The molecule has 7 nitrogen and oxygen atoms in total. The zero-order valence-electron chi connectivity index (χ0n) is 17.1. The van der Waals surface area contributed by atoms with Gasteiger partial charge in [-0.25, -0.2) is 0 Å². The van der Waals surface area contributed by atoms with Gasteiger partial charge in [0.15, 0.2) is 18.0 Å². The number of rotatable bonds is 9. The van der Waals surface area contributed by atoms with Gasteiger partial charge in [0, 0.05) is 11.6 Å². The van der Waals surface area contributed by atoms with Gasteiger partial charge in [0.05, 0.1) is 32.5 Å². The van der Waals surface area contributed by atoms with Crippen molar-refractivity contribution in [3.05, 3.63) is 53.6 Å². The van der Waals surface area contributed by atoms with E-state index in [1.54, 1.807) is 32.4 Å². The van der Waals surface area contributed by atoms with Crippen LogP contribution >= 0.6 is 0 Å². The van der Waals surface area contributed by atoms with Crippen LogP contribution in [0.1, 0.15) is 28.8 Å². The summed E-state index contributed by atoms with van der Waals surface area (Å²) < 4.78 is 10.6. The summed E-state index contributed by atoms with van der Waals surface area (Å²) in [6, 6.07) is 13.1. The van der Waals surface area contributed by atoms with Gasteiger partial charge in [0.1, 0.15) is 6.54 Å². The second-order valence-electron chi connectivity index (χ2n) is 7.34. The van der Waals surface area contributed by atoms with Crippen molar-refractivity contribution in [2.24, 2.45) is 0 Å². The molecule has 0 spiro atoms. The van der Waals surface area contributed by atoms with Crippen LogP contribution < -0.4 is 25.0 Å². The van der Waals surface area contributed by atoms with Gasteiger partial charge in [-0.2, -0.15) is 0 Å². The lowest BCUT2D eigenvalue weighted by atomic mass is 10.1. The van der Waals surface area contributed by atoms with Gasteiger partial charge in [-0.05, 0) is 43.2 Å². The fourth-order valence-electron chi connectivity index (χ4n) is 3.15. The van der Waals surface area contributed by atoms with Crippen LogP contribution in [0.25, 0.3) is 0 Å². The number of likely N-dealkylation sites (N-methyl/N-ethyl adjacent to an activating group) is 1. The number of anilines is 1. The number of hydrogen-bond donors (Lipinski definition) is 3. The molecule has 0 heterocycles. The first kappa shape index (κ1) is 20.7. The van der Waals surface area contributed by atoms with Gasteiger partial charge in [0.2, 0.25) is 0 Å². The number of para-hydroxylation sites is 1. The second kappa shape index (κ2) is 9.43. The van der Waals surface area contributed by atoms with E-state index in [2.05, 4.69) is 10.6 Å². The van der Waals surface area contributed by atoms with Crippen LogP contribution in [0.2, 0.25) is 0 Å². The molecule has 7 heteroatoms. The second-order valence-corrected chi connectivity index (χ2v) is 7.34. The lowest BCUT2D eigenvalue weighted by Gasteiger charge is -2.16. The maximum absolute atomic E-state index is 12.5. The summed E-state index contributed by atoms with van der Waals surface area (Å²) in [7, 11) is 5.15. The van der Waals surface area contributed by atoms with Crippen molar-refractivity contribution in [1.82, 2.24) is 5.32 Å². The fraction of sp³-hybridized carbons (Fsp3) is 0.364. The third kappa shape index (κ3) is 5.71. The molecule has 29 heavy (non-hydrogen) atoms. The predicted octanol–water partition coefficient (Wildman–Crippen LogP) is 1.25. The number of ether oxygens (including phenoxy) is 2. The van der Waals surface area contributed by atoms with Gasteiger partial charge in [-0.3, -0.25) is 9.59 Å². The van der Waals surface area contributed by atoms with Crippen LogP contribution in [0.3, 0.4) is 0 Å². The topological polar surface area (TPSA) is 81.1 Å². The molecule has 1 saturated carbocycles. The number of nitrogens with one attached hydrogen (secondary N) is 3. The number of carbonyl (C=O) groups excluding carboxylic acids is 2. The first-order valence-electron chi connectivity index (χ1n) is 9.72. The summed E-state index contributed by atoms with van der Waals surface area (Å²) in [5.41, 5.74) is 2.07. The molecule has 1 aliphatic rings. The van der Waals surface area contributed by atoms with E-state index in [-0.39, 0.29) is 24.4 Å². The van der Waals surface area contributed by atoms with E-state index in [0.717, 1.165) is 23.3 Å². The van der Waals surface area contributed by atoms with Gasteiger partial charge < -0.3 is 25.0 Å². The number of quaternary nitrogens is 1. The molecule has 3 N–H and O–H groups in total. The molecule has 1 unspecified atom stereocenters. The zero-order chi connectivity index (χ0) is 20.8. The number of hydrogen-bond acceptors (Lipinski definition) is 4. The normalized spacial score (nSPS) is 14.0. The molecular formula is C22H28N3O4+. The highest BCUT2D eigenvalue weighted by atomic mass is 16.5.